The highest BCUT2D eigenvalue weighted by atomic mass is 32.1. The number of nitrogens with zero attached hydrogens (tertiary/aromatic N) is 3. The molecule has 1 fully saturated rings. The summed E-state index contributed by atoms with van der Waals surface area (Å²) in [6.07, 6.45) is 2.39. The summed E-state index contributed by atoms with van der Waals surface area (Å²) in [5, 5.41) is 10.6. The first-order valence-electron chi connectivity index (χ1n) is 7.17. The van der Waals surface area contributed by atoms with Crippen molar-refractivity contribution in [1.29, 1.82) is 0 Å². The van der Waals surface area contributed by atoms with E-state index in [9.17, 15) is 0 Å². The Bertz CT molecular complexity index is 554. The lowest BCUT2D eigenvalue weighted by atomic mass is 9.99. The minimum atomic E-state index is 0.263. The van der Waals surface area contributed by atoms with Crippen LogP contribution < -0.4 is 10.6 Å². The molecule has 0 unspecified atom stereocenters. The molecule has 2 N–H and O–H groups in total. The fourth-order valence-corrected chi connectivity index (χ4v) is 3.64. The zero-order valence-corrected chi connectivity index (χ0v) is 12.5. The van der Waals surface area contributed by atoms with Gasteiger partial charge in [0.15, 0.2) is 0 Å². The van der Waals surface area contributed by atoms with Gasteiger partial charge in [0.2, 0.25) is 5.13 Å². The van der Waals surface area contributed by atoms with Crippen molar-refractivity contribution in [2.24, 2.45) is 11.7 Å². The predicted molar refractivity (Wildman–Crippen MR) is 83.9 cm³/mol. The molecule has 5 heteroatoms. The molecular formula is C15H20N4S. The number of rotatable bonds is 4. The van der Waals surface area contributed by atoms with Crippen molar-refractivity contribution in [2.75, 3.05) is 18.0 Å². The lowest BCUT2D eigenvalue weighted by Gasteiger charge is -2.13. The van der Waals surface area contributed by atoms with Crippen LogP contribution in [-0.4, -0.2) is 29.3 Å². The molecule has 20 heavy (non-hydrogen) atoms. The zero-order chi connectivity index (χ0) is 13.9. The molecule has 2 aromatic rings. The molecule has 4 nitrogen and oxygen atoms in total. The Balaban J connectivity index is 1.75. The smallest absolute Gasteiger partial charge is 0.208 e. The van der Waals surface area contributed by atoms with E-state index in [1.165, 1.54) is 12.8 Å². The molecule has 0 bridgehead atoms. The van der Waals surface area contributed by atoms with E-state index in [1.54, 1.807) is 11.3 Å². The molecule has 1 saturated heterocycles. The average Bonchev–Trinajstić information content (AvgIpc) is 3.08. The summed E-state index contributed by atoms with van der Waals surface area (Å²) in [4.78, 5) is 2.29. The van der Waals surface area contributed by atoms with E-state index < -0.39 is 0 Å². The van der Waals surface area contributed by atoms with Gasteiger partial charge in [-0.15, -0.1) is 10.2 Å². The van der Waals surface area contributed by atoms with Crippen LogP contribution in [0.4, 0.5) is 5.13 Å². The quantitative estimate of drug-likeness (QED) is 0.940. The Labute approximate surface area is 123 Å². The van der Waals surface area contributed by atoms with E-state index in [0.29, 0.717) is 5.92 Å². The second kappa shape index (κ2) is 5.89. The van der Waals surface area contributed by atoms with Crippen LogP contribution in [0.5, 0.6) is 0 Å². The molecule has 0 amide bonds. The Hall–Kier alpha value is -1.46. The van der Waals surface area contributed by atoms with Gasteiger partial charge < -0.3 is 10.6 Å². The first-order chi connectivity index (χ1) is 9.78. The highest BCUT2D eigenvalue weighted by molar-refractivity contribution is 7.18. The molecule has 0 spiro atoms. The maximum absolute atomic E-state index is 6.23. The van der Waals surface area contributed by atoms with Gasteiger partial charge in [-0.25, -0.2) is 0 Å². The Morgan fingerprint density at radius 3 is 2.80 bits per heavy atom. The van der Waals surface area contributed by atoms with Gasteiger partial charge in [-0.1, -0.05) is 55.0 Å². The molecule has 0 radical (unpaired) electrons. The van der Waals surface area contributed by atoms with Crippen LogP contribution in [0.3, 0.4) is 0 Å². The van der Waals surface area contributed by atoms with Crippen molar-refractivity contribution < 1.29 is 0 Å². The minimum Gasteiger partial charge on any atom is -0.345 e. The lowest BCUT2D eigenvalue weighted by Crippen LogP contribution is -2.29. The highest BCUT2D eigenvalue weighted by Crippen LogP contribution is 2.32. The van der Waals surface area contributed by atoms with Gasteiger partial charge in [-0.3, -0.25) is 0 Å². The van der Waals surface area contributed by atoms with Gasteiger partial charge in [-0.2, -0.15) is 0 Å². The van der Waals surface area contributed by atoms with Gasteiger partial charge in [0.25, 0.3) is 0 Å². The Kier molecular flexibility index (Phi) is 3.98. The van der Waals surface area contributed by atoms with E-state index in [0.717, 1.165) is 28.8 Å². The number of hydrogen-bond acceptors (Lipinski definition) is 5. The Morgan fingerprint density at radius 1 is 1.25 bits per heavy atom. The van der Waals surface area contributed by atoms with E-state index >= 15 is 0 Å². The molecular weight excluding hydrogens is 268 g/mol. The van der Waals surface area contributed by atoms with Crippen molar-refractivity contribution in [3.05, 3.63) is 30.3 Å². The van der Waals surface area contributed by atoms with Gasteiger partial charge in [0, 0.05) is 24.7 Å². The molecule has 0 saturated carbocycles. The maximum atomic E-state index is 6.23. The van der Waals surface area contributed by atoms with Gasteiger partial charge in [0.05, 0.1) is 0 Å². The predicted octanol–water partition coefficient (Wildman–Crippen LogP) is 2.77. The molecule has 1 aliphatic heterocycles. The lowest BCUT2D eigenvalue weighted by molar-refractivity contribution is 0.472. The number of anilines is 1. The molecule has 2 atom stereocenters. The summed E-state index contributed by atoms with van der Waals surface area (Å²) in [6.45, 7) is 4.13. The third-order valence-corrected chi connectivity index (χ3v) is 4.89. The maximum Gasteiger partial charge on any atom is 0.208 e. The zero-order valence-electron chi connectivity index (χ0n) is 11.7. The number of benzene rings is 1. The van der Waals surface area contributed by atoms with Gasteiger partial charge in [0.1, 0.15) is 5.01 Å². The molecule has 1 aromatic carbocycles. The number of aromatic nitrogens is 2. The normalized spacial score (nSPS) is 22.4. The summed E-state index contributed by atoms with van der Waals surface area (Å²) in [5.41, 5.74) is 7.35. The summed E-state index contributed by atoms with van der Waals surface area (Å²) in [6, 6.07) is 10.5. The average molecular weight is 288 g/mol. The van der Waals surface area contributed by atoms with Crippen LogP contribution in [-0.2, 0) is 0 Å². The largest absolute Gasteiger partial charge is 0.345 e. The summed E-state index contributed by atoms with van der Waals surface area (Å²) in [7, 11) is 0. The van der Waals surface area contributed by atoms with Gasteiger partial charge in [-0.05, 0) is 12.3 Å². The van der Waals surface area contributed by atoms with E-state index in [1.807, 2.05) is 18.2 Å². The molecule has 0 aliphatic carbocycles. The van der Waals surface area contributed by atoms with Crippen molar-refractivity contribution >= 4 is 16.5 Å². The van der Waals surface area contributed by atoms with Crippen molar-refractivity contribution in [3.8, 4) is 10.6 Å². The first-order valence-corrected chi connectivity index (χ1v) is 7.99. The third-order valence-electron chi connectivity index (χ3n) is 3.86. The fraction of sp³-hybridized carbons (Fsp3) is 0.467. The second-order valence-corrected chi connectivity index (χ2v) is 6.33. The fourth-order valence-electron chi connectivity index (χ4n) is 2.77. The molecule has 2 heterocycles. The Morgan fingerprint density at radius 2 is 2.05 bits per heavy atom. The van der Waals surface area contributed by atoms with Crippen LogP contribution in [0.2, 0.25) is 0 Å². The van der Waals surface area contributed by atoms with E-state index in [2.05, 4.69) is 34.2 Å². The van der Waals surface area contributed by atoms with Crippen molar-refractivity contribution in [2.45, 2.75) is 25.8 Å². The second-order valence-electron chi connectivity index (χ2n) is 5.37. The van der Waals surface area contributed by atoms with Crippen LogP contribution in [0.25, 0.3) is 10.6 Å². The van der Waals surface area contributed by atoms with E-state index in [4.69, 9.17) is 5.73 Å². The summed E-state index contributed by atoms with van der Waals surface area (Å²) >= 11 is 1.65. The van der Waals surface area contributed by atoms with Gasteiger partial charge >= 0.3 is 0 Å². The monoisotopic (exact) mass is 288 g/mol. The molecule has 1 aliphatic rings. The number of nitrogens with two attached hydrogens (primary N) is 1. The summed E-state index contributed by atoms with van der Waals surface area (Å²) in [5.74, 6) is 0.587. The van der Waals surface area contributed by atoms with Crippen LogP contribution in [0, 0.1) is 5.92 Å². The number of hydrogen-bond donors (Lipinski definition) is 1. The minimum absolute atomic E-state index is 0.263. The first kappa shape index (κ1) is 13.5. The van der Waals surface area contributed by atoms with Crippen LogP contribution in [0.15, 0.2) is 30.3 Å². The van der Waals surface area contributed by atoms with Crippen molar-refractivity contribution in [3.63, 3.8) is 0 Å². The highest BCUT2D eigenvalue weighted by Gasteiger charge is 2.31. The molecule has 1 aromatic heterocycles. The summed E-state index contributed by atoms with van der Waals surface area (Å²) < 4.78 is 0. The van der Waals surface area contributed by atoms with Crippen molar-refractivity contribution in [1.82, 2.24) is 10.2 Å². The molecule has 3 rings (SSSR count). The van der Waals surface area contributed by atoms with Crippen LogP contribution in [0.1, 0.15) is 19.8 Å². The SMILES string of the molecule is CCC[C@H]1CN(c2nnc(-c3ccccc3)s2)C[C@@H]1N. The van der Waals surface area contributed by atoms with E-state index in [-0.39, 0.29) is 6.04 Å². The standard InChI is InChI=1S/C15H20N4S/c1-2-6-12-9-19(10-13(12)16)15-18-17-14(20-15)11-7-4-3-5-8-11/h3-5,7-8,12-13H,2,6,9-10,16H2,1H3/t12-,13-/m0/s1. The van der Waals surface area contributed by atoms with Crippen LogP contribution >= 0.6 is 11.3 Å². The molecule has 106 valence electrons. The topological polar surface area (TPSA) is 55.0 Å². The third kappa shape index (κ3) is 2.69.